The van der Waals surface area contributed by atoms with Crippen LogP contribution in [0.25, 0.3) is 55.0 Å². The van der Waals surface area contributed by atoms with Crippen LogP contribution in [0.2, 0.25) is 0 Å². The van der Waals surface area contributed by atoms with E-state index < -0.39 is 0 Å². The molecule has 2 aromatic carbocycles. The van der Waals surface area contributed by atoms with Crippen LogP contribution in [0.3, 0.4) is 0 Å². The first kappa shape index (κ1) is 22.1. The number of imidazole rings is 1. The minimum absolute atomic E-state index is 0.213. The van der Waals surface area contributed by atoms with Gasteiger partial charge in [-0.2, -0.15) is 9.49 Å². The summed E-state index contributed by atoms with van der Waals surface area (Å²) in [5.41, 5.74) is 6.20. The molecule has 0 amide bonds. The van der Waals surface area contributed by atoms with Crippen LogP contribution in [0.15, 0.2) is 67.0 Å². The van der Waals surface area contributed by atoms with Gasteiger partial charge in [-0.15, -0.1) is 11.3 Å². The van der Waals surface area contributed by atoms with E-state index >= 15 is 0 Å². The number of piperidine rings is 1. The van der Waals surface area contributed by atoms with Crippen molar-refractivity contribution in [2.24, 2.45) is 0 Å². The third-order valence-electron chi connectivity index (χ3n) is 6.77. The summed E-state index contributed by atoms with van der Waals surface area (Å²) in [4.78, 5) is 13.6. The Bertz CT molecular complexity index is 1730. The van der Waals surface area contributed by atoms with Gasteiger partial charge >= 0.3 is 0 Å². The fraction of sp³-hybridized carbons (Fsp3) is 0.179. The molecule has 4 aromatic heterocycles. The van der Waals surface area contributed by atoms with Crippen molar-refractivity contribution in [1.29, 1.82) is 0 Å². The van der Waals surface area contributed by atoms with E-state index in [1.807, 2.05) is 36.5 Å². The molecule has 0 saturated carbocycles. The molecule has 7 nitrogen and oxygen atoms in total. The third kappa shape index (κ3) is 4.16. The SMILES string of the molecule is Fc1ccc(-c2cccc3[nH]c(-c4n[nH]c5ccc(-c6cncc(OC7CCNCC7)c6)cc45)nc23)s1. The fourth-order valence-electron chi connectivity index (χ4n) is 4.92. The second kappa shape index (κ2) is 9.10. The number of nitrogens with zero attached hydrogens (tertiary/aromatic N) is 3. The molecule has 6 aromatic rings. The predicted octanol–water partition coefficient (Wildman–Crippen LogP) is 6.17. The first-order valence-electron chi connectivity index (χ1n) is 12.3. The van der Waals surface area contributed by atoms with Crippen molar-refractivity contribution >= 4 is 33.3 Å². The van der Waals surface area contributed by atoms with E-state index in [0.29, 0.717) is 5.82 Å². The Labute approximate surface area is 215 Å². The van der Waals surface area contributed by atoms with E-state index in [1.54, 1.807) is 12.3 Å². The van der Waals surface area contributed by atoms with Crippen molar-refractivity contribution in [3.63, 3.8) is 0 Å². The first-order chi connectivity index (χ1) is 18.2. The van der Waals surface area contributed by atoms with Crippen molar-refractivity contribution in [1.82, 2.24) is 30.5 Å². The standard InChI is InChI=1S/C28H23FN6OS/c29-25-7-6-24(37-25)20-2-1-3-23-26(20)33-28(32-23)27-21-13-16(4-5-22(21)34-35-27)17-12-19(15-31-14-17)36-18-8-10-30-11-9-18/h1-7,12-15,18,30H,8-11H2,(H,32,33)(H,34,35). The summed E-state index contributed by atoms with van der Waals surface area (Å²) in [5, 5.41) is 11.8. The monoisotopic (exact) mass is 510 g/mol. The first-order valence-corrected chi connectivity index (χ1v) is 13.1. The molecule has 3 N–H and O–H groups in total. The Morgan fingerprint density at radius 1 is 0.946 bits per heavy atom. The molecule has 1 fully saturated rings. The lowest BCUT2D eigenvalue weighted by Crippen LogP contribution is -2.34. The average molecular weight is 511 g/mol. The molecule has 0 radical (unpaired) electrons. The topological polar surface area (TPSA) is 91.5 Å². The Hall–Kier alpha value is -4.08. The minimum Gasteiger partial charge on any atom is -0.489 e. The summed E-state index contributed by atoms with van der Waals surface area (Å²) in [6.45, 7) is 1.95. The summed E-state index contributed by atoms with van der Waals surface area (Å²) in [7, 11) is 0. The summed E-state index contributed by atoms with van der Waals surface area (Å²) < 4.78 is 19.9. The number of hydrogen-bond acceptors (Lipinski definition) is 6. The Kier molecular flexibility index (Phi) is 5.44. The molecule has 0 aliphatic carbocycles. The van der Waals surface area contributed by atoms with Gasteiger partial charge in [-0.3, -0.25) is 10.1 Å². The van der Waals surface area contributed by atoms with Crippen LogP contribution in [0, 0.1) is 5.13 Å². The molecule has 37 heavy (non-hydrogen) atoms. The molecule has 0 unspecified atom stereocenters. The summed E-state index contributed by atoms with van der Waals surface area (Å²) in [5.74, 6) is 1.44. The van der Waals surface area contributed by atoms with E-state index in [-0.39, 0.29) is 11.2 Å². The highest BCUT2D eigenvalue weighted by atomic mass is 32.1. The van der Waals surface area contributed by atoms with Crippen molar-refractivity contribution in [3.05, 3.63) is 72.1 Å². The van der Waals surface area contributed by atoms with Crippen molar-refractivity contribution < 1.29 is 9.13 Å². The molecule has 184 valence electrons. The molecule has 9 heteroatoms. The normalized spacial score (nSPS) is 14.5. The average Bonchev–Trinajstić information content (AvgIpc) is 3.66. The molecule has 0 atom stereocenters. The maximum absolute atomic E-state index is 13.7. The minimum atomic E-state index is -0.215. The van der Waals surface area contributed by atoms with Crippen LogP contribution < -0.4 is 10.1 Å². The van der Waals surface area contributed by atoms with Gasteiger partial charge in [-0.05, 0) is 67.9 Å². The lowest BCUT2D eigenvalue weighted by Gasteiger charge is -2.23. The zero-order valence-corrected chi connectivity index (χ0v) is 20.6. The third-order valence-corrected chi connectivity index (χ3v) is 7.68. The number of halogens is 1. The molecule has 1 saturated heterocycles. The highest BCUT2D eigenvalue weighted by Gasteiger charge is 2.18. The van der Waals surface area contributed by atoms with Crippen molar-refractivity contribution in [2.45, 2.75) is 18.9 Å². The zero-order valence-electron chi connectivity index (χ0n) is 19.8. The maximum atomic E-state index is 13.7. The van der Waals surface area contributed by atoms with Crippen LogP contribution >= 0.6 is 11.3 Å². The number of thiophene rings is 1. The number of H-pyrrole nitrogens is 2. The highest BCUT2D eigenvalue weighted by Crippen LogP contribution is 2.35. The van der Waals surface area contributed by atoms with Gasteiger partial charge in [0, 0.05) is 27.6 Å². The van der Waals surface area contributed by atoms with Gasteiger partial charge in [0.2, 0.25) is 0 Å². The number of para-hydroxylation sites is 1. The van der Waals surface area contributed by atoms with E-state index in [1.165, 1.54) is 6.07 Å². The van der Waals surface area contributed by atoms with Gasteiger partial charge in [0.05, 0.1) is 22.7 Å². The lowest BCUT2D eigenvalue weighted by molar-refractivity contribution is 0.162. The Morgan fingerprint density at radius 2 is 1.86 bits per heavy atom. The largest absolute Gasteiger partial charge is 0.489 e. The second-order valence-corrected chi connectivity index (χ2v) is 10.2. The van der Waals surface area contributed by atoms with Crippen LogP contribution in [-0.4, -0.2) is 44.3 Å². The fourth-order valence-corrected chi connectivity index (χ4v) is 5.68. The molecule has 1 aliphatic heterocycles. The molecule has 5 heterocycles. The summed E-state index contributed by atoms with van der Waals surface area (Å²) >= 11 is 1.11. The number of ether oxygens (including phenoxy) is 1. The molecule has 1 aliphatic rings. The highest BCUT2D eigenvalue weighted by molar-refractivity contribution is 7.14. The Balaban J connectivity index is 1.26. The smallest absolute Gasteiger partial charge is 0.176 e. The van der Waals surface area contributed by atoms with Gasteiger partial charge in [-0.1, -0.05) is 18.2 Å². The van der Waals surface area contributed by atoms with Crippen LogP contribution in [0.4, 0.5) is 4.39 Å². The summed E-state index contributed by atoms with van der Waals surface area (Å²) in [6, 6.07) is 17.4. The molecule has 0 bridgehead atoms. The number of rotatable bonds is 5. The predicted molar refractivity (Wildman–Crippen MR) is 144 cm³/mol. The lowest BCUT2D eigenvalue weighted by atomic mass is 10.0. The van der Waals surface area contributed by atoms with Gasteiger partial charge in [-0.25, -0.2) is 4.98 Å². The maximum Gasteiger partial charge on any atom is 0.176 e. The van der Waals surface area contributed by atoms with E-state index in [0.717, 1.165) is 92.2 Å². The number of hydrogen-bond donors (Lipinski definition) is 3. The van der Waals surface area contributed by atoms with Gasteiger partial charge in [0.15, 0.2) is 11.0 Å². The van der Waals surface area contributed by atoms with Crippen LogP contribution in [-0.2, 0) is 0 Å². The van der Waals surface area contributed by atoms with Gasteiger partial charge in [0.1, 0.15) is 17.5 Å². The second-order valence-electron chi connectivity index (χ2n) is 9.20. The van der Waals surface area contributed by atoms with E-state index in [9.17, 15) is 4.39 Å². The summed E-state index contributed by atoms with van der Waals surface area (Å²) in [6.07, 6.45) is 5.83. The number of fused-ring (bicyclic) bond motifs is 2. The molecular weight excluding hydrogens is 487 g/mol. The number of aromatic amines is 2. The number of nitrogens with one attached hydrogen (secondary N) is 3. The van der Waals surface area contributed by atoms with E-state index in [2.05, 4.69) is 37.6 Å². The van der Waals surface area contributed by atoms with E-state index in [4.69, 9.17) is 9.72 Å². The number of benzene rings is 2. The van der Waals surface area contributed by atoms with Gasteiger partial charge < -0.3 is 15.0 Å². The molecular formula is C28H23FN6OS. The molecule has 0 spiro atoms. The molecule has 7 rings (SSSR count). The number of aromatic nitrogens is 5. The van der Waals surface area contributed by atoms with Crippen LogP contribution in [0.1, 0.15) is 12.8 Å². The van der Waals surface area contributed by atoms with Gasteiger partial charge in [0.25, 0.3) is 0 Å². The van der Waals surface area contributed by atoms with Crippen LogP contribution in [0.5, 0.6) is 5.75 Å². The number of pyridine rings is 1. The van der Waals surface area contributed by atoms with Crippen molar-refractivity contribution in [3.8, 4) is 38.8 Å². The zero-order chi connectivity index (χ0) is 24.8. The van der Waals surface area contributed by atoms with Crippen molar-refractivity contribution in [2.75, 3.05) is 13.1 Å². The Morgan fingerprint density at radius 3 is 2.73 bits per heavy atom. The quantitative estimate of drug-likeness (QED) is 0.258.